The number of hydrogen-bond acceptors (Lipinski definition) is 5. The molecule has 4 aromatic rings. The van der Waals surface area contributed by atoms with E-state index in [4.69, 9.17) is 0 Å². The largest absolute Gasteiger partial charge is 0.391 e. The fourth-order valence-electron chi connectivity index (χ4n) is 6.50. The van der Waals surface area contributed by atoms with E-state index in [0.717, 1.165) is 15.6 Å². The molecule has 2 unspecified atom stereocenters. The third kappa shape index (κ3) is 6.39. The van der Waals surface area contributed by atoms with Crippen molar-refractivity contribution in [1.82, 2.24) is 14.4 Å². The molecule has 10 heteroatoms. The van der Waals surface area contributed by atoms with Crippen molar-refractivity contribution in [2.75, 3.05) is 37.6 Å². The molecule has 234 valence electrons. The zero-order chi connectivity index (χ0) is 31.7. The summed E-state index contributed by atoms with van der Waals surface area (Å²) >= 11 is 3.43. The van der Waals surface area contributed by atoms with Crippen LogP contribution in [0, 0.1) is 5.82 Å². The number of hydrogen-bond donors (Lipinski definition) is 1. The van der Waals surface area contributed by atoms with Crippen molar-refractivity contribution in [3.8, 4) is 0 Å². The van der Waals surface area contributed by atoms with Crippen molar-refractivity contribution in [3.05, 3.63) is 110 Å². The van der Waals surface area contributed by atoms with Crippen LogP contribution in [0.1, 0.15) is 47.3 Å². The zero-order valence-electron chi connectivity index (χ0n) is 25.2. The number of fused-ring (bicyclic) bond motifs is 1. The van der Waals surface area contributed by atoms with Gasteiger partial charge in [-0.15, -0.1) is 0 Å². The SMILES string of the molecule is CCn1cc(C(=O)N2CC(O)CC2c2ccc(Br)cc2)c(=O)c2cc(F)c(N3CCN(C(=O)CCc4ccccc4)CC3)cc21. The van der Waals surface area contributed by atoms with Crippen molar-refractivity contribution in [2.24, 2.45) is 0 Å². The molecule has 1 N–H and O–H groups in total. The number of carbonyl (C=O) groups is 2. The Bertz CT molecular complexity index is 1770. The van der Waals surface area contributed by atoms with Gasteiger partial charge in [-0.3, -0.25) is 14.4 Å². The van der Waals surface area contributed by atoms with Gasteiger partial charge in [0.2, 0.25) is 11.3 Å². The Labute approximate surface area is 269 Å². The van der Waals surface area contributed by atoms with E-state index < -0.39 is 23.3 Å². The first kappa shape index (κ1) is 31.0. The molecule has 2 aliphatic rings. The maximum Gasteiger partial charge on any atom is 0.259 e. The molecule has 0 radical (unpaired) electrons. The maximum absolute atomic E-state index is 15.7. The highest BCUT2D eigenvalue weighted by atomic mass is 79.9. The summed E-state index contributed by atoms with van der Waals surface area (Å²) in [5.41, 5.74) is 2.33. The topological polar surface area (TPSA) is 86.1 Å². The van der Waals surface area contributed by atoms with Gasteiger partial charge in [0.15, 0.2) is 0 Å². The van der Waals surface area contributed by atoms with E-state index in [-0.39, 0.29) is 29.4 Å². The van der Waals surface area contributed by atoms with E-state index in [9.17, 15) is 19.5 Å². The van der Waals surface area contributed by atoms with Gasteiger partial charge in [-0.2, -0.15) is 0 Å². The number of aliphatic hydroxyl groups is 1. The van der Waals surface area contributed by atoms with Crippen LogP contribution >= 0.6 is 15.9 Å². The lowest BCUT2D eigenvalue weighted by atomic mass is 10.0. The minimum absolute atomic E-state index is 0.0460. The Morgan fingerprint density at radius 1 is 1.00 bits per heavy atom. The number of carbonyl (C=O) groups excluding carboxylic acids is 2. The molecular weight excluding hydrogens is 639 g/mol. The lowest BCUT2D eigenvalue weighted by Gasteiger charge is -2.36. The van der Waals surface area contributed by atoms with Gasteiger partial charge < -0.3 is 24.4 Å². The molecule has 2 atom stereocenters. The Kier molecular flexibility index (Phi) is 9.05. The monoisotopic (exact) mass is 674 g/mol. The fourth-order valence-corrected chi connectivity index (χ4v) is 6.76. The standard InChI is InChI=1S/C35H36BrFN4O4/c1-2-38-22-28(35(45)41-21-26(42)18-30(41)24-9-11-25(36)12-10-24)34(44)27-19-29(37)32(20-31(27)38)39-14-16-40(17-15-39)33(43)13-8-23-6-4-3-5-7-23/h3-7,9-12,19-20,22,26,30,42H,2,8,13-18,21H2,1H3. The number of aromatic nitrogens is 1. The average Bonchev–Trinajstić information content (AvgIpc) is 3.46. The lowest BCUT2D eigenvalue weighted by molar-refractivity contribution is -0.131. The van der Waals surface area contributed by atoms with Crippen molar-refractivity contribution in [1.29, 1.82) is 0 Å². The molecule has 8 nitrogen and oxygen atoms in total. The second kappa shape index (κ2) is 13.1. The molecular formula is C35H36BrFN4O4. The van der Waals surface area contributed by atoms with E-state index in [0.29, 0.717) is 63.2 Å². The molecule has 2 saturated heterocycles. The van der Waals surface area contributed by atoms with Crippen LogP contribution in [0.25, 0.3) is 10.9 Å². The van der Waals surface area contributed by atoms with E-state index in [2.05, 4.69) is 15.9 Å². The van der Waals surface area contributed by atoms with Gasteiger partial charge in [0.25, 0.3) is 5.91 Å². The first-order chi connectivity index (χ1) is 21.7. The number of anilines is 1. The molecule has 2 amide bonds. The number of halogens is 2. The van der Waals surface area contributed by atoms with Gasteiger partial charge in [-0.25, -0.2) is 4.39 Å². The van der Waals surface area contributed by atoms with Crippen LogP contribution in [-0.2, 0) is 17.8 Å². The first-order valence-corrected chi connectivity index (χ1v) is 16.2. The van der Waals surface area contributed by atoms with Crippen molar-refractivity contribution in [3.63, 3.8) is 0 Å². The second-order valence-corrected chi connectivity index (χ2v) is 12.7. The molecule has 0 saturated carbocycles. The maximum atomic E-state index is 15.7. The molecule has 1 aromatic heterocycles. The van der Waals surface area contributed by atoms with Gasteiger partial charge in [0, 0.05) is 61.7 Å². The highest BCUT2D eigenvalue weighted by molar-refractivity contribution is 9.10. The van der Waals surface area contributed by atoms with Gasteiger partial charge in [-0.1, -0.05) is 58.4 Å². The number of aliphatic hydroxyl groups excluding tert-OH is 1. The van der Waals surface area contributed by atoms with Crippen LogP contribution in [-0.4, -0.2) is 70.1 Å². The minimum Gasteiger partial charge on any atom is -0.391 e. The smallest absolute Gasteiger partial charge is 0.259 e. The Balaban J connectivity index is 1.22. The highest BCUT2D eigenvalue weighted by Gasteiger charge is 2.37. The third-order valence-corrected chi connectivity index (χ3v) is 9.49. The van der Waals surface area contributed by atoms with E-state index in [1.165, 1.54) is 6.07 Å². The van der Waals surface area contributed by atoms with Crippen LogP contribution < -0.4 is 10.3 Å². The highest BCUT2D eigenvalue weighted by Crippen LogP contribution is 2.34. The number of benzene rings is 3. The van der Waals surface area contributed by atoms with Crippen LogP contribution in [0.5, 0.6) is 0 Å². The lowest BCUT2D eigenvalue weighted by Crippen LogP contribution is -2.49. The average molecular weight is 676 g/mol. The summed E-state index contributed by atoms with van der Waals surface area (Å²) in [6.07, 6.45) is 2.32. The molecule has 3 aromatic carbocycles. The van der Waals surface area contributed by atoms with E-state index in [1.807, 2.05) is 71.3 Å². The predicted octanol–water partition coefficient (Wildman–Crippen LogP) is 5.15. The number of amides is 2. The van der Waals surface area contributed by atoms with Crippen molar-refractivity contribution < 1.29 is 19.1 Å². The predicted molar refractivity (Wildman–Crippen MR) is 176 cm³/mol. The van der Waals surface area contributed by atoms with Gasteiger partial charge in [-0.05, 0) is 55.2 Å². The summed E-state index contributed by atoms with van der Waals surface area (Å²) in [5.74, 6) is -0.937. The molecule has 6 rings (SSSR count). The molecule has 0 aliphatic carbocycles. The zero-order valence-corrected chi connectivity index (χ0v) is 26.7. The molecule has 45 heavy (non-hydrogen) atoms. The number of pyridine rings is 1. The summed E-state index contributed by atoms with van der Waals surface area (Å²) in [6.45, 7) is 4.40. The Morgan fingerprint density at radius 2 is 1.71 bits per heavy atom. The van der Waals surface area contributed by atoms with Crippen LogP contribution in [0.3, 0.4) is 0 Å². The van der Waals surface area contributed by atoms with Crippen LogP contribution in [0.2, 0.25) is 0 Å². The fraction of sp³-hybridized carbons (Fsp3) is 0.343. The molecule has 3 heterocycles. The Morgan fingerprint density at radius 3 is 2.40 bits per heavy atom. The van der Waals surface area contributed by atoms with Gasteiger partial charge in [0.05, 0.1) is 23.3 Å². The third-order valence-electron chi connectivity index (χ3n) is 8.96. The summed E-state index contributed by atoms with van der Waals surface area (Å²) < 4.78 is 18.4. The van der Waals surface area contributed by atoms with Crippen LogP contribution in [0.15, 0.2) is 82.2 Å². The Hall–Kier alpha value is -4.02. The summed E-state index contributed by atoms with van der Waals surface area (Å²) in [5, 5.41) is 10.6. The summed E-state index contributed by atoms with van der Waals surface area (Å²) in [4.78, 5) is 45.7. The van der Waals surface area contributed by atoms with Gasteiger partial charge >= 0.3 is 0 Å². The summed E-state index contributed by atoms with van der Waals surface area (Å²) in [6, 6.07) is 20.0. The number of likely N-dealkylation sites (tertiary alicyclic amines) is 1. The number of rotatable bonds is 7. The normalized spacial score (nSPS) is 18.5. The number of β-amino-alcohol motifs (C(OH)–C–C–N with tert-alkyl or cyclic N) is 1. The summed E-state index contributed by atoms with van der Waals surface area (Å²) in [7, 11) is 0. The molecule has 2 fully saturated rings. The molecule has 0 spiro atoms. The van der Waals surface area contributed by atoms with Crippen LogP contribution in [0.4, 0.5) is 10.1 Å². The minimum atomic E-state index is -0.712. The molecule has 2 aliphatic heterocycles. The second-order valence-electron chi connectivity index (χ2n) is 11.7. The first-order valence-electron chi connectivity index (χ1n) is 15.4. The van der Waals surface area contributed by atoms with Crippen molar-refractivity contribution in [2.45, 2.75) is 44.9 Å². The quantitative estimate of drug-likeness (QED) is 0.293. The van der Waals surface area contributed by atoms with Crippen molar-refractivity contribution >= 4 is 44.3 Å². The number of nitrogens with zero attached hydrogens (tertiary/aromatic N) is 4. The van der Waals surface area contributed by atoms with Gasteiger partial charge in [0.1, 0.15) is 11.4 Å². The number of piperazine rings is 1. The van der Waals surface area contributed by atoms with E-state index >= 15 is 4.39 Å². The number of aryl methyl sites for hydroxylation is 2. The molecule has 0 bridgehead atoms. The van der Waals surface area contributed by atoms with E-state index in [1.54, 1.807) is 21.7 Å².